The average Bonchev–Trinajstić information content (AvgIpc) is 3.17. The van der Waals surface area contributed by atoms with Gasteiger partial charge in [0.05, 0.1) is 26.3 Å². The fourth-order valence-corrected chi connectivity index (χ4v) is 5.18. The number of nitriles is 2. The van der Waals surface area contributed by atoms with Gasteiger partial charge in [0.15, 0.2) is 0 Å². The van der Waals surface area contributed by atoms with E-state index in [1.165, 1.54) is 23.3 Å². The van der Waals surface area contributed by atoms with Crippen molar-refractivity contribution >= 4 is 35.5 Å². The van der Waals surface area contributed by atoms with E-state index in [2.05, 4.69) is 34.1 Å². The second-order valence-electron chi connectivity index (χ2n) is 12.0. The first-order valence-electron chi connectivity index (χ1n) is 17.4. The summed E-state index contributed by atoms with van der Waals surface area (Å²) in [7, 11) is 3.96. The lowest BCUT2D eigenvalue weighted by Crippen LogP contribution is -2.23. The van der Waals surface area contributed by atoms with E-state index < -0.39 is 11.9 Å². The number of ether oxygens (including phenoxy) is 4. The topological polar surface area (TPSA) is 125 Å². The first-order chi connectivity index (χ1) is 25.7. The minimum Gasteiger partial charge on any atom is -0.492 e. The molecule has 53 heavy (non-hydrogen) atoms. The van der Waals surface area contributed by atoms with E-state index in [1.54, 1.807) is 13.8 Å². The molecule has 0 fully saturated rings. The molecule has 0 amide bonds. The summed E-state index contributed by atoms with van der Waals surface area (Å²) in [5, 5.41) is 18.5. The zero-order chi connectivity index (χ0) is 38.0. The third kappa shape index (κ3) is 12.3. The van der Waals surface area contributed by atoms with E-state index in [0.29, 0.717) is 26.3 Å². The molecule has 0 aromatic heterocycles. The van der Waals surface area contributed by atoms with Crippen LogP contribution in [-0.4, -0.2) is 65.6 Å². The number of benzene rings is 4. The zero-order valence-corrected chi connectivity index (χ0v) is 30.6. The summed E-state index contributed by atoms with van der Waals surface area (Å²) in [4.78, 5) is 27.9. The third-order valence-corrected chi connectivity index (χ3v) is 8.17. The molecule has 0 aliphatic heterocycles. The number of hydrogen-bond acceptors (Lipinski definition) is 10. The van der Waals surface area contributed by atoms with Crippen LogP contribution in [0.3, 0.4) is 0 Å². The number of esters is 2. The molecular weight excluding hydrogens is 668 g/mol. The molecule has 0 atom stereocenters. The molecule has 0 spiro atoms. The minimum absolute atomic E-state index is 0.0325. The summed E-state index contributed by atoms with van der Waals surface area (Å²) in [6.07, 6.45) is 3.83. The Balaban J connectivity index is 1.17. The summed E-state index contributed by atoms with van der Waals surface area (Å²) >= 11 is 0. The van der Waals surface area contributed by atoms with Gasteiger partial charge in [-0.05, 0) is 103 Å². The van der Waals surface area contributed by atoms with Gasteiger partial charge in [-0.2, -0.15) is 10.5 Å². The smallest absolute Gasteiger partial charge is 0.348 e. The van der Waals surface area contributed by atoms with Crippen LogP contribution in [0, 0.1) is 22.7 Å². The maximum absolute atomic E-state index is 11.9. The normalized spacial score (nSPS) is 11.1. The van der Waals surface area contributed by atoms with E-state index in [1.807, 2.05) is 99.0 Å². The number of rotatable bonds is 18. The maximum Gasteiger partial charge on any atom is 0.348 e. The summed E-state index contributed by atoms with van der Waals surface area (Å²) < 4.78 is 21.8. The van der Waals surface area contributed by atoms with Gasteiger partial charge in [-0.1, -0.05) is 48.5 Å². The van der Waals surface area contributed by atoms with Crippen molar-refractivity contribution in [1.82, 2.24) is 0 Å². The molecular formula is C43H44N4O6. The van der Waals surface area contributed by atoms with E-state index in [-0.39, 0.29) is 24.4 Å². The van der Waals surface area contributed by atoms with Crippen molar-refractivity contribution < 1.29 is 28.5 Å². The number of hydrogen-bond donors (Lipinski definition) is 0. The Morgan fingerprint density at radius 3 is 1.26 bits per heavy atom. The highest BCUT2D eigenvalue weighted by molar-refractivity contribution is 5.98. The van der Waals surface area contributed by atoms with Crippen molar-refractivity contribution in [3.63, 3.8) is 0 Å². The van der Waals surface area contributed by atoms with Gasteiger partial charge in [0, 0.05) is 25.5 Å². The monoisotopic (exact) mass is 712 g/mol. The van der Waals surface area contributed by atoms with Crippen molar-refractivity contribution in [2.24, 2.45) is 0 Å². The molecule has 0 saturated carbocycles. The van der Waals surface area contributed by atoms with Gasteiger partial charge < -0.3 is 28.7 Å². The van der Waals surface area contributed by atoms with Gasteiger partial charge in [-0.25, -0.2) is 9.59 Å². The zero-order valence-electron chi connectivity index (χ0n) is 30.6. The number of carbonyl (C=O) groups excluding carboxylic acids is 2. The SMILES string of the molecule is CCOC(=O)/C(C#N)=C/c1ccc(N(C)CCOc2ccc(Cc3ccc(OCCN(C)c4ccc(/C=C(\C#N)C(=O)OCC)cc4)cc3)cc2)cc1. The summed E-state index contributed by atoms with van der Waals surface area (Å²) in [6, 6.07) is 35.2. The molecule has 0 heterocycles. The predicted molar refractivity (Wildman–Crippen MR) is 207 cm³/mol. The van der Waals surface area contributed by atoms with E-state index in [4.69, 9.17) is 18.9 Å². The maximum atomic E-state index is 11.9. The Morgan fingerprint density at radius 1 is 0.585 bits per heavy atom. The summed E-state index contributed by atoms with van der Waals surface area (Å²) in [6.45, 7) is 6.19. The molecule has 4 aromatic rings. The molecule has 4 rings (SSSR count). The number of carbonyl (C=O) groups is 2. The highest BCUT2D eigenvalue weighted by atomic mass is 16.5. The van der Waals surface area contributed by atoms with Gasteiger partial charge in [0.1, 0.15) is 48.0 Å². The van der Waals surface area contributed by atoms with Crippen LogP contribution in [0.2, 0.25) is 0 Å². The molecule has 0 bridgehead atoms. The average molecular weight is 713 g/mol. The lowest BCUT2D eigenvalue weighted by molar-refractivity contribution is -0.138. The molecule has 272 valence electrons. The van der Waals surface area contributed by atoms with Gasteiger partial charge in [-0.3, -0.25) is 0 Å². The van der Waals surface area contributed by atoms with Gasteiger partial charge in [0.2, 0.25) is 0 Å². The quantitative estimate of drug-likeness (QED) is 0.0592. The Morgan fingerprint density at radius 2 is 0.943 bits per heavy atom. The van der Waals surface area contributed by atoms with Gasteiger partial charge in [0.25, 0.3) is 0 Å². The van der Waals surface area contributed by atoms with Crippen LogP contribution in [0.1, 0.15) is 36.1 Å². The van der Waals surface area contributed by atoms with Crippen LogP contribution >= 0.6 is 0 Å². The molecule has 10 heteroatoms. The molecule has 0 radical (unpaired) electrons. The van der Waals surface area contributed by atoms with Crippen molar-refractivity contribution in [1.29, 1.82) is 10.5 Å². The fourth-order valence-electron chi connectivity index (χ4n) is 5.18. The second-order valence-corrected chi connectivity index (χ2v) is 12.0. The largest absolute Gasteiger partial charge is 0.492 e. The first kappa shape index (κ1) is 39.3. The lowest BCUT2D eigenvalue weighted by Gasteiger charge is -2.20. The van der Waals surface area contributed by atoms with Crippen LogP contribution in [0.4, 0.5) is 11.4 Å². The predicted octanol–water partition coefficient (Wildman–Crippen LogP) is 7.25. The summed E-state index contributed by atoms with van der Waals surface area (Å²) in [5.74, 6) is 0.354. The standard InChI is InChI=1S/C43H44N4O6/c1-5-50-42(48)36(30-44)28-34-7-15-38(16-8-34)46(3)23-25-52-40-19-11-32(12-20-40)27-33-13-21-41(22-14-33)53-26-24-47(4)39-17-9-35(10-18-39)29-37(31-45)43(49)51-6-2/h7-22,28-29H,5-6,23-27H2,1-4H3/b36-28+,37-29+. The number of nitrogens with zero attached hydrogens (tertiary/aromatic N) is 4. The van der Waals surface area contributed by atoms with Crippen molar-refractivity contribution in [2.75, 3.05) is 63.4 Å². The number of likely N-dealkylation sites (N-methyl/N-ethyl adjacent to an activating group) is 2. The first-order valence-corrected chi connectivity index (χ1v) is 17.4. The van der Waals surface area contributed by atoms with Crippen LogP contribution in [-0.2, 0) is 25.5 Å². The Bertz CT molecular complexity index is 1800. The summed E-state index contributed by atoms with van der Waals surface area (Å²) in [5.41, 5.74) is 5.75. The minimum atomic E-state index is -0.623. The van der Waals surface area contributed by atoms with Crippen LogP contribution < -0.4 is 19.3 Å². The highest BCUT2D eigenvalue weighted by Gasteiger charge is 2.11. The van der Waals surface area contributed by atoms with E-state index >= 15 is 0 Å². The van der Waals surface area contributed by atoms with E-state index in [0.717, 1.165) is 40.4 Å². The number of anilines is 2. The van der Waals surface area contributed by atoms with E-state index in [9.17, 15) is 20.1 Å². The third-order valence-electron chi connectivity index (χ3n) is 8.17. The molecule has 0 unspecified atom stereocenters. The molecule has 0 aliphatic rings. The molecule has 0 N–H and O–H groups in total. The Labute approximate surface area is 311 Å². The van der Waals surface area contributed by atoms with Crippen molar-refractivity contribution in [2.45, 2.75) is 20.3 Å². The van der Waals surface area contributed by atoms with Crippen molar-refractivity contribution in [3.05, 3.63) is 130 Å². The molecule has 10 nitrogen and oxygen atoms in total. The van der Waals surface area contributed by atoms with Crippen LogP contribution in [0.5, 0.6) is 11.5 Å². The Kier molecular flexibility index (Phi) is 15.1. The molecule has 0 aliphatic carbocycles. The molecule has 0 saturated heterocycles. The fraction of sp³-hybridized carbons (Fsp3) is 0.256. The second kappa shape index (κ2) is 20.4. The lowest BCUT2D eigenvalue weighted by atomic mass is 10.0. The van der Waals surface area contributed by atoms with Gasteiger partial charge in [-0.15, -0.1) is 0 Å². The van der Waals surface area contributed by atoms with Crippen LogP contribution in [0.25, 0.3) is 12.2 Å². The Hall–Kier alpha value is -6.52. The highest BCUT2D eigenvalue weighted by Crippen LogP contribution is 2.21. The van der Waals surface area contributed by atoms with Crippen LogP contribution in [0.15, 0.2) is 108 Å². The van der Waals surface area contributed by atoms with Crippen molar-refractivity contribution in [3.8, 4) is 23.6 Å². The van der Waals surface area contributed by atoms with Gasteiger partial charge >= 0.3 is 11.9 Å². The molecule has 4 aromatic carbocycles.